The monoisotopic (exact) mass is 519 g/mol. The first kappa shape index (κ1) is 30.0. The molecule has 186 valence electrons. The van der Waals surface area contributed by atoms with Crippen LogP contribution in [0.25, 0.3) is 11.1 Å². The number of ether oxygens (including phenoxy) is 1. The topological polar surface area (TPSA) is 75.6 Å². The molecule has 3 rings (SSSR count). The fourth-order valence-electron chi connectivity index (χ4n) is 3.78. The molecule has 1 atom stereocenters. The molecule has 0 fully saturated rings. The Morgan fingerprint density at radius 1 is 1.06 bits per heavy atom. The summed E-state index contributed by atoms with van der Waals surface area (Å²) in [5.74, 6) is -0.789. The van der Waals surface area contributed by atoms with Crippen molar-refractivity contribution in [1.82, 2.24) is 5.32 Å². The van der Waals surface area contributed by atoms with E-state index in [0.717, 1.165) is 32.8 Å². The zero-order valence-electron chi connectivity index (χ0n) is 19.9. The molecule has 0 aliphatic rings. The van der Waals surface area contributed by atoms with Gasteiger partial charge < -0.3 is 15.2 Å². The number of carboxylic acids is 1. The van der Waals surface area contributed by atoms with Crippen molar-refractivity contribution in [3.8, 4) is 11.1 Å². The molecule has 0 aliphatic carbocycles. The number of hydrogen-bond acceptors (Lipinski definition) is 4. The van der Waals surface area contributed by atoms with Gasteiger partial charge in [-0.25, -0.2) is 4.79 Å². The fourth-order valence-corrected chi connectivity index (χ4v) is 4.48. The number of nitrogens with one attached hydrogen (secondary N) is 1. The molecule has 3 aromatic rings. The molecule has 0 bridgehead atoms. The van der Waals surface area contributed by atoms with Crippen molar-refractivity contribution in [2.45, 2.75) is 32.4 Å². The zero-order chi connectivity index (χ0) is 25.2. The third kappa shape index (κ3) is 8.43. The average molecular weight is 520 g/mol. The minimum atomic E-state index is -1.03. The van der Waals surface area contributed by atoms with Crippen molar-refractivity contribution in [3.05, 3.63) is 94.0 Å². The van der Waals surface area contributed by atoms with E-state index in [1.54, 1.807) is 17.8 Å². The van der Waals surface area contributed by atoms with E-state index in [1.165, 1.54) is 0 Å². The second-order valence-electron chi connectivity index (χ2n) is 8.23. The number of rotatable bonds is 12. The van der Waals surface area contributed by atoms with E-state index in [9.17, 15) is 14.7 Å². The van der Waals surface area contributed by atoms with Crippen LogP contribution in [0.4, 0.5) is 0 Å². The molecule has 1 unspecified atom stereocenters. The molecular formula is C28H31ClLiNO4S. The number of carboxylic acid groups (broad SMARTS) is 1. The van der Waals surface area contributed by atoms with Crippen LogP contribution in [0.2, 0.25) is 5.02 Å². The second kappa shape index (κ2) is 15.1. The normalized spacial score (nSPS) is 11.4. The standard InChI is InChI=1S/C28H30ClNO4S.Li.H/c1-19-7-3-5-9-22(19)24-17-20(18-34-15-13-21-8-4-6-10-25(21)29)11-12-23(24)27(31)30-26(28(32)33)14-16-35-2;;/h3-12,17,26H,13-16,18H2,1-2H3,(H,30,31)(H,32,33);;. The van der Waals surface area contributed by atoms with Gasteiger partial charge in [0.25, 0.3) is 5.91 Å². The minimum absolute atomic E-state index is 0. The molecule has 0 heterocycles. The van der Waals surface area contributed by atoms with E-state index in [4.69, 9.17) is 16.3 Å². The van der Waals surface area contributed by atoms with Gasteiger partial charge in [0.1, 0.15) is 6.04 Å². The maximum absolute atomic E-state index is 13.2. The number of thioether (sulfide) groups is 1. The number of benzene rings is 3. The van der Waals surface area contributed by atoms with Crippen molar-refractivity contribution in [3.63, 3.8) is 0 Å². The van der Waals surface area contributed by atoms with E-state index >= 15 is 0 Å². The van der Waals surface area contributed by atoms with Gasteiger partial charge in [-0.05, 0) is 77.8 Å². The van der Waals surface area contributed by atoms with Crippen LogP contribution in [0.15, 0.2) is 66.7 Å². The van der Waals surface area contributed by atoms with Crippen molar-refractivity contribution >= 4 is 54.1 Å². The molecule has 36 heavy (non-hydrogen) atoms. The summed E-state index contributed by atoms with van der Waals surface area (Å²) in [6, 6.07) is 20.1. The first-order valence-electron chi connectivity index (χ1n) is 11.4. The molecular weight excluding hydrogens is 489 g/mol. The van der Waals surface area contributed by atoms with Gasteiger partial charge in [-0.1, -0.05) is 60.1 Å². The van der Waals surface area contributed by atoms with Gasteiger partial charge in [0.2, 0.25) is 0 Å². The number of carbonyl (C=O) groups is 2. The molecule has 0 saturated heterocycles. The van der Waals surface area contributed by atoms with Crippen LogP contribution in [0.1, 0.15) is 33.5 Å². The summed E-state index contributed by atoms with van der Waals surface area (Å²) < 4.78 is 5.90. The summed E-state index contributed by atoms with van der Waals surface area (Å²) >= 11 is 7.77. The molecule has 2 N–H and O–H groups in total. The molecule has 1 amide bonds. The molecule has 5 nitrogen and oxygen atoms in total. The van der Waals surface area contributed by atoms with Crippen LogP contribution < -0.4 is 5.32 Å². The summed E-state index contributed by atoms with van der Waals surface area (Å²) in [4.78, 5) is 24.8. The molecule has 0 spiro atoms. The van der Waals surface area contributed by atoms with E-state index in [-0.39, 0.29) is 18.9 Å². The Morgan fingerprint density at radius 2 is 1.78 bits per heavy atom. The van der Waals surface area contributed by atoms with E-state index in [0.29, 0.717) is 37.4 Å². The zero-order valence-corrected chi connectivity index (χ0v) is 21.5. The first-order valence-corrected chi connectivity index (χ1v) is 13.2. The SMILES string of the molecule is CSCCC(NC(=O)c1ccc(COCCc2ccccc2Cl)cc1-c1ccccc1C)C(=O)O.[LiH]. The van der Waals surface area contributed by atoms with Gasteiger partial charge in [-0.3, -0.25) is 4.79 Å². The summed E-state index contributed by atoms with van der Waals surface area (Å²) in [5, 5.41) is 13.0. The number of aliphatic carboxylic acids is 1. The summed E-state index contributed by atoms with van der Waals surface area (Å²) in [6.45, 7) is 2.89. The Bertz CT molecular complexity index is 1170. The molecule has 8 heteroatoms. The van der Waals surface area contributed by atoms with Crippen LogP contribution >= 0.6 is 23.4 Å². The Morgan fingerprint density at radius 3 is 2.47 bits per heavy atom. The van der Waals surface area contributed by atoms with Crippen LogP contribution in [0, 0.1) is 6.92 Å². The van der Waals surface area contributed by atoms with Gasteiger partial charge >= 0.3 is 24.8 Å². The van der Waals surface area contributed by atoms with Crippen molar-refractivity contribution in [1.29, 1.82) is 0 Å². The summed E-state index contributed by atoms with van der Waals surface area (Å²) in [5.41, 5.74) is 5.10. The van der Waals surface area contributed by atoms with Gasteiger partial charge in [0.15, 0.2) is 0 Å². The molecule has 0 radical (unpaired) electrons. The third-order valence-corrected chi connectivity index (χ3v) is 6.73. The predicted octanol–water partition coefficient (Wildman–Crippen LogP) is 5.36. The van der Waals surface area contributed by atoms with Crippen LogP contribution in [-0.4, -0.2) is 60.5 Å². The quantitative estimate of drug-likeness (QED) is 0.249. The third-order valence-electron chi connectivity index (χ3n) is 5.72. The van der Waals surface area contributed by atoms with E-state index in [2.05, 4.69) is 5.32 Å². The Hall–Kier alpha value is -2.20. The van der Waals surface area contributed by atoms with Crippen molar-refractivity contribution in [2.24, 2.45) is 0 Å². The number of halogens is 1. The second-order valence-corrected chi connectivity index (χ2v) is 9.63. The molecule has 0 aliphatic heterocycles. The molecule has 0 saturated carbocycles. The number of hydrogen-bond donors (Lipinski definition) is 2. The Balaban J connectivity index is 0.00000456. The number of amides is 1. The van der Waals surface area contributed by atoms with Gasteiger partial charge in [-0.15, -0.1) is 0 Å². The van der Waals surface area contributed by atoms with Gasteiger partial charge in [-0.2, -0.15) is 11.8 Å². The van der Waals surface area contributed by atoms with E-state index in [1.807, 2.05) is 73.8 Å². The Kier molecular flexibility index (Phi) is 12.6. The Labute approximate surface area is 234 Å². The van der Waals surface area contributed by atoms with Crippen molar-refractivity contribution < 1.29 is 19.4 Å². The molecule has 3 aromatic carbocycles. The summed E-state index contributed by atoms with van der Waals surface area (Å²) in [6.07, 6.45) is 2.98. The fraction of sp³-hybridized carbons (Fsp3) is 0.286. The van der Waals surface area contributed by atoms with Crippen LogP contribution in [0.5, 0.6) is 0 Å². The predicted molar refractivity (Wildman–Crippen MR) is 150 cm³/mol. The number of carbonyl (C=O) groups excluding carboxylic acids is 1. The van der Waals surface area contributed by atoms with Gasteiger partial charge in [0, 0.05) is 10.6 Å². The summed E-state index contributed by atoms with van der Waals surface area (Å²) in [7, 11) is 0. The van der Waals surface area contributed by atoms with Gasteiger partial charge in [0.05, 0.1) is 13.2 Å². The number of aryl methyl sites for hydroxylation is 1. The maximum atomic E-state index is 13.2. The average Bonchev–Trinajstić information content (AvgIpc) is 2.85. The molecule has 0 aromatic heterocycles. The first-order chi connectivity index (χ1) is 16.9. The van der Waals surface area contributed by atoms with E-state index < -0.39 is 17.9 Å². The van der Waals surface area contributed by atoms with Crippen LogP contribution in [0.3, 0.4) is 0 Å². The van der Waals surface area contributed by atoms with Crippen LogP contribution in [-0.2, 0) is 22.6 Å². The van der Waals surface area contributed by atoms with Crippen molar-refractivity contribution in [2.75, 3.05) is 18.6 Å².